The Bertz CT molecular complexity index is 1370. The third kappa shape index (κ3) is 11.6. The molecule has 0 aliphatic carbocycles. The van der Waals surface area contributed by atoms with Gasteiger partial charge in [-0.3, -0.25) is 29.0 Å². The number of aliphatic imine (C=N–C) groups is 1. The Balaban J connectivity index is 2.15. The predicted molar refractivity (Wildman–Crippen MR) is 157 cm³/mol. The van der Waals surface area contributed by atoms with Gasteiger partial charge in [0.1, 0.15) is 18.1 Å². The van der Waals surface area contributed by atoms with Crippen LogP contribution >= 0.6 is 0 Å². The number of guanidine groups is 1. The van der Waals surface area contributed by atoms with Gasteiger partial charge in [0.2, 0.25) is 17.7 Å². The third-order valence-corrected chi connectivity index (χ3v) is 6.57. The van der Waals surface area contributed by atoms with Gasteiger partial charge in [0, 0.05) is 36.5 Å². The van der Waals surface area contributed by atoms with Crippen molar-refractivity contribution in [1.82, 2.24) is 20.9 Å². The van der Waals surface area contributed by atoms with Crippen molar-refractivity contribution in [2.75, 3.05) is 6.54 Å². The molecule has 44 heavy (non-hydrogen) atoms. The molecule has 17 nitrogen and oxygen atoms in total. The Morgan fingerprint density at radius 3 is 1.89 bits per heavy atom. The van der Waals surface area contributed by atoms with Crippen molar-refractivity contribution in [1.29, 1.82) is 0 Å². The maximum absolute atomic E-state index is 13.2. The van der Waals surface area contributed by atoms with E-state index >= 15 is 0 Å². The molecule has 0 bridgehead atoms. The number of carboxylic acids is 3. The van der Waals surface area contributed by atoms with E-state index in [1.165, 1.54) is 0 Å². The third-order valence-electron chi connectivity index (χ3n) is 6.57. The van der Waals surface area contributed by atoms with Gasteiger partial charge >= 0.3 is 17.9 Å². The van der Waals surface area contributed by atoms with Crippen molar-refractivity contribution in [2.24, 2.45) is 22.2 Å². The molecule has 1 heterocycles. The number of aliphatic carboxylic acids is 3. The summed E-state index contributed by atoms with van der Waals surface area (Å²) in [4.78, 5) is 80.1. The highest BCUT2D eigenvalue weighted by Gasteiger charge is 2.31. The van der Waals surface area contributed by atoms with Crippen molar-refractivity contribution in [3.63, 3.8) is 0 Å². The molecule has 4 unspecified atom stereocenters. The largest absolute Gasteiger partial charge is 0.481 e. The molecule has 0 aliphatic heterocycles. The first kappa shape index (κ1) is 35.0. The number of hydrogen-bond donors (Lipinski definition) is 10. The van der Waals surface area contributed by atoms with Crippen LogP contribution in [0.3, 0.4) is 0 Å². The van der Waals surface area contributed by atoms with Gasteiger partial charge in [0.05, 0.1) is 6.04 Å². The number of rotatable bonds is 19. The van der Waals surface area contributed by atoms with Crippen LogP contribution < -0.4 is 33.2 Å². The van der Waals surface area contributed by atoms with Crippen LogP contribution in [0.2, 0.25) is 0 Å². The van der Waals surface area contributed by atoms with E-state index in [2.05, 4.69) is 25.9 Å². The molecule has 0 spiro atoms. The summed E-state index contributed by atoms with van der Waals surface area (Å²) in [6.45, 7) is 0.0918. The summed E-state index contributed by atoms with van der Waals surface area (Å²) in [5.74, 6) is -6.87. The number of para-hydroxylation sites is 1. The molecule has 4 atom stereocenters. The van der Waals surface area contributed by atoms with E-state index in [1.54, 1.807) is 6.20 Å². The molecule has 0 aliphatic rings. The fraction of sp³-hybridized carbons (Fsp3) is 0.444. The van der Waals surface area contributed by atoms with E-state index in [0.29, 0.717) is 0 Å². The quantitative estimate of drug-likeness (QED) is 0.0481. The van der Waals surface area contributed by atoms with Crippen LogP contribution in [-0.4, -0.2) is 92.6 Å². The van der Waals surface area contributed by atoms with Gasteiger partial charge in [-0.05, 0) is 43.7 Å². The number of amides is 3. The smallest absolute Gasteiger partial charge is 0.326 e. The first-order valence-electron chi connectivity index (χ1n) is 13.7. The van der Waals surface area contributed by atoms with E-state index in [1.807, 2.05) is 24.3 Å². The fourth-order valence-electron chi connectivity index (χ4n) is 4.29. The molecule has 13 N–H and O–H groups in total. The lowest BCUT2D eigenvalue weighted by molar-refractivity contribution is -0.143. The Labute approximate surface area is 251 Å². The van der Waals surface area contributed by atoms with Crippen LogP contribution in [0.1, 0.15) is 44.1 Å². The van der Waals surface area contributed by atoms with Gasteiger partial charge in [-0.25, -0.2) is 4.79 Å². The lowest BCUT2D eigenvalue weighted by Gasteiger charge is -2.25. The minimum atomic E-state index is -1.53. The van der Waals surface area contributed by atoms with Crippen LogP contribution in [-0.2, 0) is 35.2 Å². The number of hydrogen-bond acceptors (Lipinski definition) is 8. The standard InChI is InChI=1S/C27H38N8O9/c28-16(12-14-13-32-17-5-2-1-4-15(14)17)23(40)33-18(7-9-21(36)37)24(41)34-19(8-10-22(38)39)25(42)35-20(26(43)44)6-3-11-31-27(29)30/h1-2,4-5,13,16,18-20,32H,3,6-12,28H2,(H,33,40)(H,34,41)(H,35,42)(H,36,37)(H,38,39)(H,43,44)(H4,29,30,31). The minimum absolute atomic E-state index is 0.0803. The first-order valence-corrected chi connectivity index (χ1v) is 13.7. The number of benzene rings is 1. The molecule has 0 fully saturated rings. The highest BCUT2D eigenvalue weighted by molar-refractivity contribution is 5.94. The van der Waals surface area contributed by atoms with E-state index in [9.17, 15) is 33.9 Å². The van der Waals surface area contributed by atoms with Gasteiger partial charge in [-0.2, -0.15) is 0 Å². The summed E-state index contributed by atoms with van der Waals surface area (Å²) in [7, 11) is 0. The Morgan fingerprint density at radius 1 is 0.795 bits per heavy atom. The molecule has 2 aromatic rings. The Morgan fingerprint density at radius 2 is 1.34 bits per heavy atom. The second-order valence-corrected chi connectivity index (χ2v) is 10.0. The summed E-state index contributed by atoms with van der Waals surface area (Å²) in [6.07, 6.45) is -0.00103. The zero-order chi connectivity index (χ0) is 32.8. The Kier molecular flexibility index (Phi) is 13.6. The first-order chi connectivity index (χ1) is 20.8. The van der Waals surface area contributed by atoms with Crippen LogP contribution in [0.4, 0.5) is 0 Å². The molecule has 0 radical (unpaired) electrons. The fourth-order valence-corrected chi connectivity index (χ4v) is 4.29. The molecular weight excluding hydrogens is 580 g/mol. The SMILES string of the molecule is NC(N)=NCCCC(NC(=O)C(CCC(=O)O)NC(=O)C(CCC(=O)O)NC(=O)C(N)Cc1c[nH]c2ccccc12)C(=O)O. The van der Waals surface area contributed by atoms with Gasteiger partial charge in [0.15, 0.2) is 5.96 Å². The van der Waals surface area contributed by atoms with E-state index in [-0.39, 0.29) is 38.2 Å². The molecular formula is C27H38N8O9. The van der Waals surface area contributed by atoms with Crippen LogP contribution in [0.5, 0.6) is 0 Å². The number of aromatic nitrogens is 1. The maximum Gasteiger partial charge on any atom is 0.326 e. The molecule has 240 valence electrons. The molecule has 2 rings (SSSR count). The summed E-state index contributed by atoms with van der Waals surface area (Å²) >= 11 is 0. The van der Waals surface area contributed by atoms with E-state index in [0.717, 1.165) is 16.5 Å². The molecule has 1 aromatic heterocycles. The van der Waals surface area contributed by atoms with Crippen LogP contribution in [0.15, 0.2) is 35.5 Å². The van der Waals surface area contributed by atoms with E-state index in [4.69, 9.17) is 27.4 Å². The van der Waals surface area contributed by atoms with Gasteiger partial charge in [0.25, 0.3) is 0 Å². The molecule has 0 saturated carbocycles. The average molecular weight is 619 g/mol. The Hall–Kier alpha value is -5.19. The van der Waals surface area contributed by atoms with Crippen molar-refractivity contribution in [3.05, 3.63) is 36.0 Å². The summed E-state index contributed by atoms with van der Waals surface area (Å²) in [5.41, 5.74) is 18.2. The lowest BCUT2D eigenvalue weighted by Crippen LogP contribution is -2.57. The maximum atomic E-state index is 13.2. The van der Waals surface area contributed by atoms with Crippen molar-refractivity contribution < 1.29 is 44.1 Å². The summed E-state index contributed by atoms with van der Waals surface area (Å²) < 4.78 is 0. The second kappa shape index (κ2) is 17.1. The van der Waals surface area contributed by atoms with Crippen molar-refractivity contribution >= 4 is 52.5 Å². The number of carbonyl (C=O) groups excluding carboxylic acids is 3. The number of nitrogens with zero attached hydrogens (tertiary/aromatic N) is 1. The van der Waals surface area contributed by atoms with Crippen molar-refractivity contribution in [3.8, 4) is 0 Å². The van der Waals surface area contributed by atoms with Crippen molar-refractivity contribution in [2.45, 2.75) is 69.1 Å². The number of nitrogens with two attached hydrogens (primary N) is 3. The molecule has 3 amide bonds. The molecule has 0 saturated heterocycles. The average Bonchev–Trinajstić information content (AvgIpc) is 3.36. The number of carboxylic acid groups (broad SMARTS) is 3. The monoisotopic (exact) mass is 618 g/mol. The van der Waals surface area contributed by atoms with Crippen LogP contribution in [0, 0.1) is 0 Å². The highest BCUT2D eigenvalue weighted by Crippen LogP contribution is 2.19. The zero-order valence-electron chi connectivity index (χ0n) is 23.8. The number of fused-ring (bicyclic) bond motifs is 1. The van der Waals surface area contributed by atoms with Gasteiger partial charge in [-0.1, -0.05) is 18.2 Å². The van der Waals surface area contributed by atoms with E-state index < -0.39 is 79.1 Å². The topological polar surface area (TPSA) is 305 Å². The molecule has 17 heteroatoms. The number of carbonyl (C=O) groups is 6. The predicted octanol–water partition coefficient (Wildman–Crippen LogP) is -1.64. The normalized spacial score (nSPS) is 13.6. The number of H-pyrrole nitrogens is 1. The zero-order valence-corrected chi connectivity index (χ0v) is 23.8. The van der Waals surface area contributed by atoms with Gasteiger partial charge < -0.3 is 53.5 Å². The number of nitrogens with one attached hydrogen (secondary N) is 4. The number of aromatic amines is 1. The van der Waals surface area contributed by atoms with Gasteiger partial charge in [-0.15, -0.1) is 0 Å². The highest BCUT2D eigenvalue weighted by atomic mass is 16.4. The molecule has 1 aromatic carbocycles. The van der Waals surface area contributed by atoms with Crippen LogP contribution in [0.25, 0.3) is 10.9 Å². The summed E-state index contributed by atoms with van der Waals surface area (Å²) in [6, 6.07) is 1.82. The lowest BCUT2D eigenvalue weighted by atomic mass is 10.0. The minimum Gasteiger partial charge on any atom is -0.481 e. The second-order valence-electron chi connectivity index (χ2n) is 10.0. The summed E-state index contributed by atoms with van der Waals surface area (Å²) in [5, 5.41) is 35.7.